The van der Waals surface area contributed by atoms with Crippen LogP contribution in [0.5, 0.6) is 0 Å². The lowest BCUT2D eigenvalue weighted by Gasteiger charge is -2.07. The largest absolute Gasteiger partial charge is 0.352 e. The summed E-state index contributed by atoms with van der Waals surface area (Å²) in [5.41, 5.74) is 1.49. The predicted molar refractivity (Wildman–Crippen MR) is 100 cm³/mol. The number of nitrogens with one attached hydrogen (secondary N) is 2. The molecular formula is C16H17BrN6OS. The highest BCUT2D eigenvalue weighted by atomic mass is 79.9. The van der Waals surface area contributed by atoms with E-state index in [0.717, 1.165) is 22.5 Å². The summed E-state index contributed by atoms with van der Waals surface area (Å²) in [6.07, 6.45) is 4.19. The Labute approximate surface area is 158 Å². The molecule has 0 aliphatic rings. The fourth-order valence-electron chi connectivity index (χ4n) is 2.46. The van der Waals surface area contributed by atoms with Crippen molar-refractivity contribution in [1.29, 1.82) is 0 Å². The summed E-state index contributed by atoms with van der Waals surface area (Å²) in [6, 6.07) is 7.28. The van der Waals surface area contributed by atoms with Crippen molar-refractivity contribution < 1.29 is 4.79 Å². The number of aromatic nitrogens is 5. The SMILES string of the molecule is CCn1c(CCNC(=O)c2ccc(-n3cc(Br)cn3)cc2)n[nH]c1=S. The van der Waals surface area contributed by atoms with E-state index in [0.29, 0.717) is 23.3 Å². The Morgan fingerprint density at radius 2 is 2.12 bits per heavy atom. The van der Waals surface area contributed by atoms with Crippen molar-refractivity contribution in [1.82, 2.24) is 29.9 Å². The number of rotatable bonds is 6. The van der Waals surface area contributed by atoms with Crippen LogP contribution in [0.15, 0.2) is 41.1 Å². The van der Waals surface area contributed by atoms with E-state index >= 15 is 0 Å². The summed E-state index contributed by atoms with van der Waals surface area (Å²) >= 11 is 8.52. The summed E-state index contributed by atoms with van der Waals surface area (Å²) in [5.74, 6) is 0.720. The molecule has 3 aromatic rings. The Balaban J connectivity index is 1.59. The summed E-state index contributed by atoms with van der Waals surface area (Å²) < 4.78 is 5.15. The van der Waals surface area contributed by atoms with Crippen LogP contribution in [0.25, 0.3) is 5.69 Å². The molecule has 0 saturated heterocycles. The van der Waals surface area contributed by atoms with Gasteiger partial charge in [0.1, 0.15) is 5.82 Å². The second-order valence-electron chi connectivity index (χ2n) is 5.35. The smallest absolute Gasteiger partial charge is 0.251 e. The Hall–Kier alpha value is -2.26. The molecule has 0 bridgehead atoms. The van der Waals surface area contributed by atoms with Gasteiger partial charge in [0.2, 0.25) is 0 Å². The molecule has 2 aromatic heterocycles. The second kappa shape index (κ2) is 7.75. The van der Waals surface area contributed by atoms with Gasteiger partial charge in [-0.3, -0.25) is 9.89 Å². The third-order valence-electron chi connectivity index (χ3n) is 3.73. The van der Waals surface area contributed by atoms with Crippen LogP contribution in [0.3, 0.4) is 0 Å². The van der Waals surface area contributed by atoms with Crippen LogP contribution in [0.1, 0.15) is 23.1 Å². The fourth-order valence-corrected chi connectivity index (χ4v) is 3.03. The van der Waals surface area contributed by atoms with E-state index < -0.39 is 0 Å². The molecule has 9 heteroatoms. The average molecular weight is 421 g/mol. The van der Waals surface area contributed by atoms with Gasteiger partial charge in [-0.05, 0) is 59.3 Å². The van der Waals surface area contributed by atoms with E-state index in [9.17, 15) is 4.79 Å². The lowest BCUT2D eigenvalue weighted by molar-refractivity contribution is 0.0954. The van der Waals surface area contributed by atoms with Crippen LogP contribution in [-0.4, -0.2) is 37.0 Å². The quantitative estimate of drug-likeness (QED) is 0.600. The van der Waals surface area contributed by atoms with E-state index in [2.05, 4.69) is 36.5 Å². The molecule has 0 fully saturated rings. The van der Waals surface area contributed by atoms with Crippen molar-refractivity contribution >= 4 is 34.1 Å². The minimum absolute atomic E-state index is 0.120. The number of halogens is 1. The van der Waals surface area contributed by atoms with Crippen LogP contribution < -0.4 is 5.32 Å². The van der Waals surface area contributed by atoms with Crippen molar-refractivity contribution in [2.24, 2.45) is 0 Å². The van der Waals surface area contributed by atoms with Gasteiger partial charge in [-0.15, -0.1) is 0 Å². The normalized spacial score (nSPS) is 10.8. The molecule has 0 aliphatic heterocycles. The minimum Gasteiger partial charge on any atom is -0.352 e. The van der Waals surface area contributed by atoms with Gasteiger partial charge in [-0.2, -0.15) is 10.2 Å². The van der Waals surface area contributed by atoms with Crippen LogP contribution in [0, 0.1) is 4.77 Å². The number of aromatic amines is 1. The molecule has 7 nitrogen and oxygen atoms in total. The molecule has 0 radical (unpaired) electrons. The molecule has 1 amide bonds. The highest BCUT2D eigenvalue weighted by Crippen LogP contribution is 2.13. The van der Waals surface area contributed by atoms with E-state index in [1.807, 2.05) is 29.8 Å². The van der Waals surface area contributed by atoms with Crippen LogP contribution in [0.2, 0.25) is 0 Å². The highest BCUT2D eigenvalue weighted by Gasteiger charge is 2.08. The zero-order valence-electron chi connectivity index (χ0n) is 13.6. The van der Waals surface area contributed by atoms with Crippen LogP contribution in [-0.2, 0) is 13.0 Å². The number of hydrogen-bond acceptors (Lipinski definition) is 4. The molecular weight excluding hydrogens is 404 g/mol. The minimum atomic E-state index is -0.120. The maximum Gasteiger partial charge on any atom is 0.251 e. The summed E-state index contributed by atoms with van der Waals surface area (Å²) in [7, 11) is 0. The van der Waals surface area contributed by atoms with Gasteiger partial charge in [0.25, 0.3) is 5.91 Å². The first kappa shape index (κ1) is 17.6. The molecule has 3 rings (SSSR count). The molecule has 0 atom stereocenters. The highest BCUT2D eigenvalue weighted by molar-refractivity contribution is 9.10. The monoisotopic (exact) mass is 420 g/mol. The van der Waals surface area contributed by atoms with E-state index in [-0.39, 0.29) is 5.91 Å². The van der Waals surface area contributed by atoms with E-state index in [1.54, 1.807) is 23.0 Å². The molecule has 2 N–H and O–H groups in total. The van der Waals surface area contributed by atoms with Gasteiger partial charge in [-0.1, -0.05) is 0 Å². The van der Waals surface area contributed by atoms with Crippen molar-refractivity contribution in [3.8, 4) is 5.69 Å². The zero-order chi connectivity index (χ0) is 17.8. The molecule has 0 saturated carbocycles. The van der Waals surface area contributed by atoms with Crippen molar-refractivity contribution in [3.63, 3.8) is 0 Å². The van der Waals surface area contributed by atoms with E-state index in [1.165, 1.54) is 0 Å². The maximum absolute atomic E-state index is 12.2. The first-order chi connectivity index (χ1) is 12.1. The number of carbonyl (C=O) groups excluding carboxylic acids is 1. The van der Waals surface area contributed by atoms with Gasteiger partial charge in [0.05, 0.1) is 16.4 Å². The number of benzene rings is 1. The van der Waals surface area contributed by atoms with Gasteiger partial charge < -0.3 is 9.88 Å². The fraction of sp³-hybridized carbons (Fsp3) is 0.250. The Bertz CT molecular complexity index is 927. The summed E-state index contributed by atoms with van der Waals surface area (Å²) in [5, 5.41) is 14.1. The van der Waals surface area contributed by atoms with Crippen LogP contribution in [0.4, 0.5) is 0 Å². The number of carbonyl (C=O) groups is 1. The van der Waals surface area contributed by atoms with Gasteiger partial charge in [0, 0.05) is 31.3 Å². The van der Waals surface area contributed by atoms with Gasteiger partial charge in [-0.25, -0.2) is 4.68 Å². The number of hydrogen-bond donors (Lipinski definition) is 2. The maximum atomic E-state index is 12.2. The Morgan fingerprint density at radius 1 is 1.36 bits per heavy atom. The predicted octanol–water partition coefficient (Wildman–Crippen LogP) is 2.88. The molecule has 25 heavy (non-hydrogen) atoms. The molecule has 2 heterocycles. The lowest BCUT2D eigenvalue weighted by atomic mass is 10.2. The molecule has 0 aliphatic carbocycles. The molecule has 0 unspecified atom stereocenters. The third kappa shape index (κ3) is 4.05. The van der Waals surface area contributed by atoms with Crippen molar-refractivity contribution in [2.75, 3.05) is 6.54 Å². The van der Waals surface area contributed by atoms with E-state index in [4.69, 9.17) is 12.2 Å². The number of amides is 1. The Kier molecular flexibility index (Phi) is 5.44. The number of nitrogens with zero attached hydrogens (tertiary/aromatic N) is 4. The summed E-state index contributed by atoms with van der Waals surface area (Å²) in [6.45, 7) is 3.25. The molecule has 0 spiro atoms. The van der Waals surface area contributed by atoms with Crippen LogP contribution >= 0.6 is 28.1 Å². The lowest BCUT2D eigenvalue weighted by Crippen LogP contribution is -2.26. The van der Waals surface area contributed by atoms with Crippen molar-refractivity contribution in [3.05, 3.63) is 57.3 Å². The molecule has 130 valence electrons. The summed E-state index contributed by atoms with van der Waals surface area (Å²) in [4.78, 5) is 12.2. The second-order valence-corrected chi connectivity index (χ2v) is 6.65. The first-order valence-electron chi connectivity index (χ1n) is 7.81. The van der Waals surface area contributed by atoms with Gasteiger partial charge in [0.15, 0.2) is 4.77 Å². The zero-order valence-corrected chi connectivity index (χ0v) is 16.0. The van der Waals surface area contributed by atoms with Crippen molar-refractivity contribution in [2.45, 2.75) is 19.9 Å². The average Bonchev–Trinajstić information content (AvgIpc) is 3.20. The third-order valence-corrected chi connectivity index (χ3v) is 4.45. The molecule has 1 aromatic carbocycles. The Morgan fingerprint density at radius 3 is 2.76 bits per heavy atom. The first-order valence-corrected chi connectivity index (χ1v) is 9.01. The topological polar surface area (TPSA) is 80.5 Å². The van der Waals surface area contributed by atoms with Gasteiger partial charge >= 0.3 is 0 Å². The standard InChI is InChI=1S/C16H17BrN6OS/c1-2-22-14(20-21-16(22)25)7-8-18-15(24)11-3-5-13(6-4-11)23-10-12(17)9-19-23/h3-6,9-10H,2,7-8H2,1H3,(H,18,24)(H,21,25). The number of H-pyrrole nitrogens is 1.